The van der Waals surface area contributed by atoms with Crippen LogP contribution >= 0.6 is 22.9 Å². The average molecular weight is 256 g/mol. The SMILES string of the molecule is CC(N)CCCCN(C)I. The van der Waals surface area contributed by atoms with Crippen LogP contribution in [0.1, 0.15) is 26.2 Å². The first-order chi connectivity index (χ1) is 4.63. The maximum absolute atomic E-state index is 5.59. The highest BCUT2D eigenvalue weighted by molar-refractivity contribution is 14.1. The third-order valence-electron chi connectivity index (χ3n) is 1.38. The summed E-state index contributed by atoms with van der Waals surface area (Å²) in [5.74, 6) is 0. The molecule has 1 atom stereocenters. The summed E-state index contributed by atoms with van der Waals surface area (Å²) in [5.41, 5.74) is 5.59. The molecule has 10 heavy (non-hydrogen) atoms. The van der Waals surface area contributed by atoms with Crippen LogP contribution in [0.4, 0.5) is 0 Å². The summed E-state index contributed by atoms with van der Waals surface area (Å²) in [6, 6.07) is 0.375. The Kier molecular flexibility index (Phi) is 6.78. The van der Waals surface area contributed by atoms with Crippen molar-refractivity contribution in [2.45, 2.75) is 32.2 Å². The normalized spacial score (nSPS) is 14.1. The molecule has 0 aromatic rings. The van der Waals surface area contributed by atoms with Gasteiger partial charge in [0.2, 0.25) is 0 Å². The Hall–Kier alpha value is 0.650. The zero-order valence-electron chi connectivity index (χ0n) is 6.81. The van der Waals surface area contributed by atoms with E-state index < -0.39 is 0 Å². The number of nitrogens with zero attached hydrogens (tertiary/aromatic N) is 1. The predicted octanol–water partition coefficient (Wildman–Crippen LogP) is 1.79. The average Bonchev–Trinajstić information content (AvgIpc) is 1.79. The topological polar surface area (TPSA) is 29.3 Å². The molecule has 1 unspecified atom stereocenters. The largest absolute Gasteiger partial charge is 0.328 e. The highest BCUT2D eigenvalue weighted by Gasteiger charge is 1.95. The Morgan fingerprint density at radius 3 is 2.50 bits per heavy atom. The second kappa shape index (κ2) is 6.37. The lowest BCUT2D eigenvalue weighted by atomic mass is 10.1. The molecule has 2 N–H and O–H groups in total. The van der Waals surface area contributed by atoms with Crippen LogP contribution in [-0.4, -0.2) is 22.7 Å². The Morgan fingerprint density at radius 2 is 2.10 bits per heavy atom. The zero-order valence-corrected chi connectivity index (χ0v) is 8.97. The van der Waals surface area contributed by atoms with E-state index in [1.165, 1.54) is 19.4 Å². The number of nitrogens with two attached hydrogens (primary N) is 1. The third-order valence-corrected chi connectivity index (χ3v) is 1.86. The van der Waals surface area contributed by atoms with E-state index in [1.807, 2.05) is 0 Å². The van der Waals surface area contributed by atoms with E-state index in [0.717, 1.165) is 6.42 Å². The van der Waals surface area contributed by atoms with Gasteiger partial charge in [0.15, 0.2) is 0 Å². The van der Waals surface area contributed by atoms with Gasteiger partial charge in [-0.25, -0.2) is 0 Å². The van der Waals surface area contributed by atoms with E-state index in [2.05, 4.69) is 39.9 Å². The van der Waals surface area contributed by atoms with Crippen LogP contribution in [0.5, 0.6) is 0 Å². The molecular formula is C7H17IN2. The molecule has 2 nitrogen and oxygen atoms in total. The summed E-state index contributed by atoms with van der Waals surface area (Å²) in [6.07, 6.45) is 3.68. The van der Waals surface area contributed by atoms with Crippen molar-refractivity contribution < 1.29 is 0 Å². The first kappa shape index (κ1) is 10.7. The van der Waals surface area contributed by atoms with Gasteiger partial charge in [-0.05, 0) is 26.8 Å². The van der Waals surface area contributed by atoms with Gasteiger partial charge in [-0.15, -0.1) is 0 Å². The van der Waals surface area contributed by atoms with Crippen molar-refractivity contribution in [3.8, 4) is 0 Å². The molecule has 0 saturated heterocycles. The van der Waals surface area contributed by atoms with Crippen molar-refractivity contribution in [3.05, 3.63) is 0 Å². The number of unbranched alkanes of at least 4 members (excludes halogenated alkanes) is 1. The Bertz CT molecular complexity index is 64.0. The van der Waals surface area contributed by atoms with Gasteiger partial charge in [0.25, 0.3) is 0 Å². The fourth-order valence-electron chi connectivity index (χ4n) is 0.796. The van der Waals surface area contributed by atoms with Gasteiger partial charge in [0.1, 0.15) is 0 Å². The first-order valence-corrected chi connectivity index (χ1v) is 4.72. The molecule has 0 amide bonds. The molecule has 0 aromatic carbocycles. The number of hydrogen-bond acceptors (Lipinski definition) is 2. The molecule has 0 aromatic heterocycles. The molecule has 0 saturated carbocycles. The van der Waals surface area contributed by atoms with Gasteiger partial charge in [0, 0.05) is 35.5 Å². The summed E-state index contributed by atoms with van der Waals surface area (Å²) in [5, 5.41) is 0. The number of halogens is 1. The molecule has 0 heterocycles. The van der Waals surface area contributed by atoms with Crippen molar-refractivity contribution in [2.24, 2.45) is 5.73 Å². The van der Waals surface area contributed by atoms with Crippen molar-refractivity contribution in [1.82, 2.24) is 3.11 Å². The predicted molar refractivity (Wildman–Crippen MR) is 54.2 cm³/mol. The molecule has 0 aliphatic carbocycles. The highest BCUT2D eigenvalue weighted by Crippen LogP contribution is 2.01. The van der Waals surface area contributed by atoms with Gasteiger partial charge < -0.3 is 5.73 Å². The minimum atomic E-state index is 0.375. The van der Waals surface area contributed by atoms with Crippen LogP contribution in [0.3, 0.4) is 0 Å². The van der Waals surface area contributed by atoms with Crippen LogP contribution in [0.2, 0.25) is 0 Å². The van der Waals surface area contributed by atoms with Crippen LogP contribution in [0, 0.1) is 0 Å². The van der Waals surface area contributed by atoms with Crippen LogP contribution < -0.4 is 5.73 Å². The zero-order chi connectivity index (χ0) is 7.98. The van der Waals surface area contributed by atoms with Crippen molar-refractivity contribution in [3.63, 3.8) is 0 Å². The van der Waals surface area contributed by atoms with E-state index >= 15 is 0 Å². The van der Waals surface area contributed by atoms with Crippen molar-refractivity contribution >= 4 is 22.9 Å². The first-order valence-electron chi connectivity index (χ1n) is 3.75. The van der Waals surface area contributed by atoms with Crippen LogP contribution in [0.15, 0.2) is 0 Å². The molecule has 0 rings (SSSR count). The quantitative estimate of drug-likeness (QED) is 0.461. The van der Waals surface area contributed by atoms with E-state index in [1.54, 1.807) is 0 Å². The molecular weight excluding hydrogens is 239 g/mol. The lowest BCUT2D eigenvalue weighted by Crippen LogP contribution is -2.15. The van der Waals surface area contributed by atoms with Gasteiger partial charge in [-0.3, -0.25) is 3.11 Å². The van der Waals surface area contributed by atoms with Gasteiger partial charge in [-0.2, -0.15) is 0 Å². The van der Waals surface area contributed by atoms with E-state index in [4.69, 9.17) is 5.73 Å². The second-order valence-corrected chi connectivity index (χ2v) is 4.45. The third kappa shape index (κ3) is 8.65. The molecule has 62 valence electrons. The Morgan fingerprint density at radius 1 is 1.50 bits per heavy atom. The second-order valence-electron chi connectivity index (χ2n) is 2.80. The molecule has 0 aliphatic rings. The molecule has 0 aliphatic heterocycles. The summed E-state index contributed by atoms with van der Waals surface area (Å²) in [6.45, 7) is 3.24. The number of hydrogen-bond donors (Lipinski definition) is 1. The minimum absolute atomic E-state index is 0.375. The standard InChI is InChI=1S/C7H17IN2/c1-7(9)5-3-4-6-10(2)8/h7H,3-6,9H2,1-2H3. The van der Waals surface area contributed by atoms with Gasteiger partial charge >= 0.3 is 0 Å². The smallest absolute Gasteiger partial charge is 0.0198 e. The fraction of sp³-hybridized carbons (Fsp3) is 1.00. The maximum atomic E-state index is 5.59. The summed E-state index contributed by atoms with van der Waals surface area (Å²) in [4.78, 5) is 0. The lowest BCUT2D eigenvalue weighted by Gasteiger charge is -2.07. The van der Waals surface area contributed by atoms with E-state index in [9.17, 15) is 0 Å². The monoisotopic (exact) mass is 256 g/mol. The molecule has 0 spiro atoms. The molecule has 0 bridgehead atoms. The fourth-order valence-corrected chi connectivity index (χ4v) is 1.14. The Labute approximate surface area is 77.6 Å². The van der Waals surface area contributed by atoms with E-state index in [-0.39, 0.29) is 0 Å². The molecule has 3 heteroatoms. The molecule has 0 radical (unpaired) electrons. The minimum Gasteiger partial charge on any atom is -0.328 e. The van der Waals surface area contributed by atoms with Crippen LogP contribution in [0.25, 0.3) is 0 Å². The summed E-state index contributed by atoms with van der Waals surface area (Å²) < 4.78 is 2.18. The van der Waals surface area contributed by atoms with Crippen molar-refractivity contribution in [1.29, 1.82) is 0 Å². The maximum Gasteiger partial charge on any atom is 0.0198 e. The van der Waals surface area contributed by atoms with E-state index in [0.29, 0.717) is 6.04 Å². The van der Waals surface area contributed by atoms with Gasteiger partial charge in [0.05, 0.1) is 0 Å². The van der Waals surface area contributed by atoms with Gasteiger partial charge in [-0.1, -0.05) is 6.42 Å². The summed E-state index contributed by atoms with van der Waals surface area (Å²) >= 11 is 2.30. The lowest BCUT2D eigenvalue weighted by molar-refractivity contribution is 0.525. The molecule has 0 fully saturated rings. The Balaban J connectivity index is 2.91. The van der Waals surface area contributed by atoms with Crippen LogP contribution in [-0.2, 0) is 0 Å². The van der Waals surface area contributed by atoms with Crippen molar-refractivity contribution in [2.75, 3.05) is 13.6 Å². The summed E-state index contributed by atoms with van der Waals surface area (Å²) in [7, 11) is 2.09. The number of rotatable bonds is 5. The highest BCUT2D eigenvalue weighted by atomic mass is 127.